The Hall–Kier alpha value is -1.99. The number of halogens is 2. The zero-order valence-electron chi connectivity index (χ0n) is 13.5. The molecule has 0 unspecified atom stereocenters. The van der Waals surface area contributed by atoms with Crippen LogP contribution in [0.25, 0.3) is 11.8 Å². The quantitative estimate of drug-likeness (QED) is 0.362. The van der Waals surface area contributed by atoms with Crippen molar-refractivity contribution in [3.8, 4) is 11.5 Å². The van der Waals surface area contributed by atoms with E-state index < -0.39 is 5.97 Å². The van der Waals surface area contributed by atoms with Gasteiger partial charge in [-0.05, 0) is 76.7 Å². The number of benzene rings is 2. The molecule has 4 nitrogen and oxygen atoms in total. The highest BCUT2D eigenvalue weighted by Gasteiger charge is 2.22. The Kier molecular flexibility index (Phi) is 5.34. The molecule has 1 heterocycles. The molecule has 0 amide bonds. The van der Waals surface area contributed by atoms with Gasteiger partial charge in [-0.1, -0.05) is 11.6 Å². The fourth-order valence-electron chi connectivity index (χ4n) is 2.45. The van der Waals surface area contributed by atoms with E-state index in [1.165, 1.54) is 0 Å². The second-order valence-electron chi connectivity index (χ2n) is 5.24. The van der Waals surface area contributed by atoms with Crippen LogP contribution in [0.1, 0.15) is 11.1 Å². The lowest BCUT2D eigenvalue weighted by Gasteiger charge is -2.10. The lowest BCUT2D eigenvalue weighted by molar-refractivity contribution is -0.130. The minimum Gasteiger partial charge on any atom is -0.493 e. The predicted octanol–water partition coefficient (Wildman–Crippen LogP) is 4.94. The van der Waals surface area contributed by atoms with Crippen LogP contribution < -0.4 is 9.47 Å². The summed E-state index contributed by atoms with van der Waals surface area (Å²) in [6.45, 7) is 0. The van der Waals surface area contributed by atoms with Gasteiger partial charge in [-0.25, -0.2) is 4.79 Å². The SMILES string of the molecule is COc1cc(/C=C2/C=C(c3ccc(Cl)cc3)OC2=O)cc(I)c1OC. The number of carbonyl (C=O) groups is 1. The topological polar surface area (TPSA) is 44.8 Å². The van der Waals surface area contributed by atoms with Gasteiger partial charge < -0.3 is 14.2 Å². The molecule has 6 heteroatoms. The molecule has 128 valence electrons. The lowest BCUT2D eigenvalue weighted by atomic mass is 10.1. The second kappa shape index (κ2) is 7.49. The minimum absolute atomic E-state index is 0.394. The molecule has 0 N–H and O–H groups in total. The summed E-state index contributed by atoms with van der Waals surface area (Å²) in [6.07, 6.45) is 3.48. The summed E-state index contributed by atoms with van der Waals surface area (Å²) in [7, 11) is 3.17. The van der Waals surface area contributed by atoms with E-state index in [4.69, 9.17) is 25.8 Å². The maximum absolute atomic E-state index is 12.2. The summed E-state index contributed by atoms with van der Waals surface area (Å²) < 4.78 is 16.9. The van der Waals surface area contributed by atoms with E-state index >= 15 is 0 Å². The molecule has 2 aromatic carbocycles. The van der Waals surface area contributed by atoms with Gasteiger partial charge >= 0.3 is 5.97 Å². The van der Waals surface area contributed by atoms with Crippen LogP contribution in [0.3, 0.4) is 0 Å². The summed E-state index contributed by atoms with van der Waals surface area (Å²) in [5.41, 5.74) is 2.08. The minimum atomic E-state index is -0.394. The maximum atomic E-state index is 12.2. The van der Waals surface area contributed by atoms with Gasteiger partial charge in [0, 0.05) is 10.6 Å². The van der Waals surface area contributed by atoms with E-state index in [9.17, 15) is 4.79 Å². The molecule has 1 aliphatic rings. The zero-order valence-corrected chi connectivity index (χ0v) is 16.4. The molecule has 0 bridgehead atoms. The number of cyclic esters (lactones) is 1. The molecule has 0 aliphatic carbocycles. The highest BCUT2D eigenvalue weighted by molar-refractivity contribution is 14.1. The average molecular weight is 469 g/mol. The largest absolute Gasteiger partial charge is 0.493 e. The number of carbonyl (C=O) groups excluding carboxylic acids is 1. The number of rotatable bonds is 4. The van der Waals surface area contributed by atoms with Gasteiger partial charge in [-0.3, -0.25) is 0 Å². The monoisotopic (exact) mass is 468 g/mol. The molecule has 0 saturated carbocycles. The Morgan fingerprint density at radius 2 is 1.84 bits per heavy atom. The summed E-state index contributed by atoms with van der Waals surface area (Å²) >= 11 is 8.05. The van der Waals surface area contributed by atoms with E-state index in [0.29, 0.717) is 27.9 Å². The first kappa shape index (κ1) is 17.8. The van der Waals surface area contributed by atoms with Gasteiger partial charge in [-0.15, -0.1) is 0 Å². The van der Waals surface area contributed by atoms with E-state index in [-0.39, 0.29) is 0 Å². The lowest BCUT2D eigenvalue weighted by Crippen LogP contribution is -1.98. The van der Waals surface area contributed by atoms with Gasteiger partial charge in [0.1, 0.15) is 5.76 Å². The van der Waals surface area contributed by atoms with Crippen LogP contribution in [0.4, 0.5) is 0 Å². The van der Waals surface area contributed by atoms with Crippen LogP contribution in [-0.2, 0) is 9.53 Å². The van der Waals surface area contributed by atoms with Crippen LogP contribution >= 0.6 is 34.2 Å². The van der Waals surface area contributed by atoms with E-state index in [1.54, 1.807) is 38.5 Å². The zero-order chi connectivity index (χ0) is 18.0. The Labute approximate surface area is 164 Å². The number of hydrogen-bond donors (Lipinski definition) is 0. The first-order valence-electron chi connectivity index (χ1n) is 7.35. The van der Waals surface area contributed by atoms with Crippen molar-refractivity contribution in [1.82, 2.24) is 0 Å². The fraction of sp³-hybridized carbons (Fsp3) is 0.105. The summed E-state index contributed by atoms with van der Waals surface area (Å²) in [5, 5.41) is 0.629. The summed E-state index contributed by atoms with van der Waals surface area (Å²) in [4.78, 5) is 12.2. The van der Waals surface area contributed by atoms with Crippen molar-refractivity contribution >= 4 is 52.0 Å². The van der Waals surface area contributed by atoms with Crippen molar-refractivity contribution in [2.75, 3.05) is 14.2 Å². The highest BCUT2D eigenvalue weighted by atomic mass is 127. The third-order valence-corrected chi connectivity index (χ3v) is 4.69. The molecule has 2 aromatic rings. The first-order chi connectivity index (χ1) is 12.0. The molecular weight excluding hydrogens is 455 g/mol. The van der Waals surface area contributed by atoms with E-state index in [2.05, 4.69) is 22.6 Å². The Bertz CT molecular complexity index is 885. The molecule has 1 aliphatic heterocycles. The molecule has 0 saturated heterocycles. The van der Waals surface area contributed by atoms with Gasteiger partial charge in [0.15, 0.2) is 11.5 Å². The Morgan fingerprint density at radius 1 is 1.12 bits per heavy atom. The number of methoxy groups -OCH3 is 2. The number of ether oxygens (including phenoxy) is 3. The third-order valence-electron chi connectivity index (χ3n) is 3.63. The summed E-state index contributed by atoms with van der Waals surface area (Å²) in [6, 6.07) is 10.9. The van der Waals surface area contributed by atoms with E-state index in [1.807, 2.05) is 24.3 Å². The van der Waals surface area contributed by atoms with Crippen molar-refractivity contribution in [3.05, 3.63) is 67.8 Å². The van der Waals surface area contributed by atoms with Gasteiger partial charge in [-0.2, -0.15) is 0 Å². The van der Waals surface area contributed by atoms with Crippen molar-refractivity contribution < 1.29 is 19.0 Å². The first-order valence-corrected chi connectivity index (χ1v) is 8.80. The molecular formula is C19H14ClIO4. The fourth-order valence-corrected chi connectivity index (χ4v) is 3.42. The Balaban J connectivity index is 1.97. The normalized spacial score (nSPS) is 15.1. The highest BCUT2D eigenvalue weighted by Crippen LogP contribution is 2.35. The smallest absolute Gasteiger partial charge is 0.343 e. The van der Waals surface area contributed by atoms with Crippen LogP contribution in [0.15, 0.2) is 48.0 Å². The summed E-state index contributed by atoms with van der Waals surface area (Å²) in [5.74, 6) is 1.38. The molecule has 0 radical (unpaired) electrons. The molecule has 3 rings (SSSR count). The van der Waals surface area contributed by atoms with Crippen molar-refractivity contribution in [1.29, 1.82) is 0 Å². The molecule has 0 aromatic heterocycles. The number of hydrogen-bond acceptors (Lipinski definition) is 4. The van der Waals surface area contributed by atoms with Crippen LogP contribution in [0.5, 0.6) is 11.5 Å². The molecule has 25 heavy (non-hydrogen) atoms. The number of esters is 1. The molecule has 0 atom stereocenters. The van der Waals surface area contributed by atoms with Gasteiger partial charge in [0.2, 0.25) is 0 Å². The van der Waals surface area contributed by atoms with Crippen LogP contribution in [0.2, 0.25) is 5.02 Å². The van der Waals surface area contributed by atoms with Gasteiger partial charge in [0.05, 0.1) is 23.4 Å². The standard InChI is InChI=1S/C19H14ClIO4/c1-23-17-9-11(8-15(21)18(17)24-2)7-13-10-16(25-19(13)22)12-3-5-14(20)6-4-12/h3-10H,1-2H3/b13-7-. The maximum Gasteiger partial charge on any atom is 0.343 e. The molecule has 0 fully saturated rings. The third kappa shape index (κ3) is 3.82. The Morgan fingerprint density at radius 3 is 2.48 bits per heavy atom. The van der Waals surface area contributed by atoms with E-state index in [0.717, 1.165) is 14.7 Å². The van der Waals surface area contributed by atoms with Crippen molar-refractivity contribution in [2.45, 2.75) is 0 Å². The second-order valence-corrected chi connectivity index (χ2v) is 6.84. The predicted molar refractivity (Wildman–Crippen MR) is 106 cm³/mol. The van der Waals surface area contributed by atoms with Crippen LogP contribution in [-0.4, -0.2) is 20.2 Å². The average Bonchev–Trinajstić information content (AvgIpc) is 2.95. The van der Waals surface area contributed by atoms with Gasteiger partial charge in [0.25, 0.3) is 0 Å². The molecule has 0 spiro atoms. The van der Waals surface area contributed by atoms with Crippen molar-refractivity contribution in [2.24, 2.45) is 0 Å². The van der Waals surface area contributed by atoms with Crippen LogP contribution in [0, 0.1) is 3.57 Å². The van der Waals surface area contributed by atoms with Crippen molar-refractivity contribution in [3.63, 3.8) is 0 Å².